The highest BCUT2D eigenvalue weighted by Crippen LogP contribution is 2.23. The largest absolute Gasteiger partial charge is 0.394 e. The van der Waals surface area contributed by atoms with E-state index in [0.29, 0.717) is 6.42 Å². The average Bonchev–Trinajstić information content (AvgIpc) is 3.34. The van der Waals surface area contributed by atoms with Crippen molar-refractivity contribution in [2.24, 2.45) is 0 Å². The summed E-state index contributed by atoms with van der Waals surface area (Å²) in [4.78, 5) is 13.0. The molecule has 1 heterocycles. The molecule has 402 valence electrons. The molecule has 0 aromatic rings. The summed E-state index contributed by atoms with van der Waals surface area (Å²) >= 11 is 0. The fourth-order valence-corrected chi connectivity index (χ4v) is 9.59. The van der Waals surface area contributed by atoms with Crippen molar-refractivity contribution in [2.45, 2.75) is 333 Å². The summed E-state index contributed by atoms with van der Waals surface area (Å²) in [5.74, 6) is -0.182. The molecule has 1 saturated heterocycles. The van der Waals surface area contributed by atoms with Crippen LogP contribution in [-0.4, -0.2) is 87.5 Å². The first-order valence-corrected chi connectivity index (χ1v) is 29.6. The second-order valence-electron chi connectivity index (χ2n) is 20.8. The Kier molecular flexibility index (Phi) is 46.9. The van der Waals surface area contributed by atoms with E-state index in [1.165, 1.54) is 231 Å². The molecule has 0 aromatic heterocycles. The lowest BCUT2D eigenvalue weighted by molar-refractivity contribution is -0.302. The third kappa shape index (κ3) is 38.4. The Labute approximate surface area is 419 Å². The van der Waals surface area contributed by atoms with Gasteiger partial charge in [0.05, 0.1) is 25.4 Å². The highest BCUT2D eigenvalue weighted by molar-refractivity contribution is 5.76. The number of amides is 1. The molecular weight excluding hydrogens is 851 g/mol. The predicted molar refractivity (Wildman–Crippen MR) is 286 cm³/mol. The molecule has 1 rings (SSSR count). The first-order chi connectivity index (χ1) is 33.3. The van der Waals surface area contributed by atoms with Gasteiger partial charge < -0.3 is 40.3 Å². The number of unbranched alkanes of at least 4 members (excludes halogenated alkanes) is 39. The molecule has 0 saturated carbocycles. The van der Waals surface area contributed by atoms with Crippen molar-refractivity contribution < 1.29 is 39.8 Å². The zero-order chi connectivity index (χ0) is 49.4. The standard InChI is InChI=1S/C59H113NO8/c1-3-5-7-9-11-13-15-17-18-19-20-21-22-23-24-25-26-27-28-29-30-31-32-33-34-35-37-39-41-43-45-47-49-55(63)60-52(51-67-59-58(66)57(65)56(64)54(50-61)68-59)53(62)48-46-44-42-40-38-36-16-14-12-10-8-6-4-2/h38,40,46,48,52-54,56-59,61-62,64-66H,3-37,39,41-45,47,49-51H2,1-2H3,(H,60,63)/b40-38+,48-46+. The van der Waals surface area contributed by atoms with Crippen LogP contribution in [0.15, 0.2) is 24.3 Å². The van der Waals surface area contributed by atoms with Crippen LogP contribution < -0.4 is 5.32 Å². The zero-order valence-electron chi connectivity index (χ0n) is 44.6. The topological polar surface area (TPSA) is 149 Å². The number of aliphatic hydroxyl groups excluding tert-OH is 5. The molecule has 1 aliphatic heterocycles. The first kappa shape index (κ1) is 64.7. The fraction of sp³-hybridized carbons (Fsp3) is 0.915. The maximum Gasteiger partial charge on any atom is 0.220 e. The van der Waals surface area contributed by atoms with Crippen molar-refractivity contribution in [3.8, 4) is 0 Å². The van der Waals surface area contributed by atoms with Crippen LogP contribution in [0.1, 0.15) is 290 Å². The lowest BCUT2D eigenvalue weighted by Gasteiger charge is -2.40. The Hall–Kier alpha value is -1.33. The number of carbonyl (C=O) groups is 1. The van der Waals surface area contributed by atoms with E-state index in [0.717, 1.165) is 38.5 Å². The number of hydrogen-bond acceptors (Lipinski definition) is 8. The van der Waals surface area contributed by atoms with Gasteiger partial charge in [-0.25, -0.2) is 0 Å². The Morgan fingerprint density at radius 1 is 0.485 bits per heavy atom. The van der Waals surface area contributed by atoms with Gasteiger partial charge in [-0.2, -0.15) is 0 Å². The van der Waals surface area contributed by atoms with E-state index in [-0.39, 0.29) is 12.5 Å². The van der Waals surface area contributed by atoms with Crippen molar-refractivity contribution >= 4 is 5.91 Å². The number of allylic oxidation sites excluding steroid dienone is 3. The number of aliphatic hydroxyl groups is 5. The van der Waals surface area contributed by atoms with Crippen LogP contribution in [0, 0.1) is 0 Å². The van der Waals surface area contributed by atoms with Gasteiger partial charge in [0.1, 0.15) is 24.4 Å². The average molecular weight is 965 g/mol. The Balaban J connectivity index is 2.10. The van der Waals surface area contributed by atoms with Gasteiger partial charge in [-0.15, -0.1) is 0 Å². The van der Waals surface area contributed by atoms with E-state index >= 15 is 0 Å². The molecule has 1 amide bonds. The molecule has 0 radical (unpaired) electrons. The fourth-order valence-electron chi connectivity index (χ4n) is 9.59. The zero-order valence-corrected chi connectivity index (χ0v) is 44.6. The van der Waals surface area contributed by atoms with Crippen molar-refractivity contribution in [3.63, 3.8) is 0 Å². The minimum Gasteiger partial charge on any atom is -0.394 e. The maximum absolute atomic E-state index is 13.0. The van der Waals surface area contributed by atoms with Gasteiger partial charge in [0.15, 0.2) is 6.29 Å². The van der Waals surface area contributed by atoms with Crippen molar-refractivity contribution in [2.75, 3.05) is 13.2 Å². The predicted octanol–water partition coefficient (Wildman–Crippen LogP) is 14.6. The molecule has 1 aliphatic rings. The molecule has 1 fully saturated rings. The summed E-state index contributed by atoms with van der Waals surface area (Å²) in [5, 5.41) is 54.3. The Morgan fingerprint density at radius 3 is 1.24 bits per heavy atom. The smallest absolute Gasteiger partial charge is 0.220 e. The molecule has 0 spiro atoms. The second kappa shape index (κ2) is 49.3. The van der Waals surface area contributed by atoms with E-state index in [2.05, 4.69) is 31.3 Å². The van der Waals surface area contributed by atoms with Crippen LogP contribution in [0.25, 0.3) is 0 Å². The summed E-state index contributed by atoms with van der Waals surface area (Å²) in [6, 6.07) is -0.817. The van der Waals surface area contributed by atoms with E-state index in [1.807, 2.05) is 6.08 Å². The van der Waals surface area contributed by atoms with Crippen molar-refractivity contribution in [3.05, 3.63) is 24.3 Å². The summed E-state index contributed by atoms with van der Waals surface area (Å²) in [7, 11) is 0. The lowest BCUT2D eigenvalue weighted by Crippen LogP contribution is -2.60. The van der Waals surface area contributed by atoms with Crippen molar-refractivity contribution in [1.29, 1.82) is 0 Å². The Morgan fingerprint density at radius 2 is 0.838 bits per heavy atom. The normalized spacial score (nSPS) is 19.7. The van der Waals surface area contributed by atoms with Gasteiger partial charge in [-0.1, -0.05) is 276 Å². The highest BCUT2D eigenvalue weighted by Gasteiger charge is 2.44. The number of nitrogens with one attached hydrogen (secondary N) is 1. The molecule has 7 unspecified atom stereocenters. The SMILES string of the molecule is CCCCCCCCC/C=C/CC/C=C/C(O)C(COC1OC(CO)C(O)C(O)C1O)NC(=O)CCCCCCCCCCCCCCCCCCCCCCCCCCCCCCCCCC. The third-order valence-corrected chi connectivity index (χ3v) is 14.3. The third-order valence-electron chi connectivity index (χ3n) is 14.3. The van der Waals surface area contributed by atoms with Crippen LogP contribution in [0.4, 0.5) is 0 Å². The van der Waals surface area contributed by atoms with Gasteiger partial charge in [0, 0.05) is 6.42 Å². The molecule has 9 heteroatoms. The van der Waals surface area contributed by atoms with Crippen LogP contribution in [-0.2, 0) is 14.3 Å². The quantitative estimate of drug-likeness (QED) is 0.0261. The van der Waals surface area contributed by atoms with Gasteiger partial charge >= 0.3 is 0 Å². The number of carbonyl (C=O) groups excluding carboxylic acids is 1. The molecular formula is C59H113NO8. The summed E-state index contributed by atoms with van der Waals surface area (Å²) in [6.45, 7) is 3.78. The van der Waals surface area contributed by atoms with Crippen LogP contribution in [0.3, 0.4) is 0 Å². The molecule has 0 aromatic carbocycles. The molecule has 68 heavy (non-hydrogen) atoms. The van der Waals surface area contributed by atoms with Crippen LogP contribution in [0.5, 0.6) is 0 Å². The van der Waals surface area contributed by atoms with Gasteiger partial charge in [-0.05, 0) is 32.1 Å². The van der Waals surface area contributed by atoms with Crippen molar-refractivity contribution in [1.82, 2.24) is 5.32 Å². The minimum atomic E-state index is -1.57. The number of hydrogen-bond donors (Lipinski definition) is 6. The molecule has 0 aliphatic carbocycles. The maximum atomic E-state index is 13.0. The molecule has 9 nitrogen and oxygen atoms in total. The Bertz CT molecular complexity index is 1120. The van der Waals surface area contributed by atoms with Crippen LogP contribution in [0.2, 0.25) is 0 Å². The van der Waals surface area contributed by atoms with Gasteiger partial charge in [0.25, 0.3) is 0 Å². The van der Waals surface area contributed by atoms with E-state index in [4.69, 9.17) is 9.47 Å². The summed E-state index contributed by atoms with van der Waals surface area (Å²) in [5.41, 5.74) is 0. The summed E-state index contributed by atoms with van der Waals surface area (Å²) in [6.07, 6.45) is 55.6. The first-order valence-electron chi connectivity index (χ1n) is 29.6. The minimum absolute atomic E-state index is 0.182. The van der Waals surface area contributed by atoms with E-state index in [9.17, 15) is 30.3 Å². The van der Waals surface area contributed by atoms with Gasteiger partial charge in [0.2, 0.25) is 5.91 Å². The molecule has 6 N–H and O–H groups in total. The summed E-state index contributed by atoms with van der Waals surface area (Å²) < 4.78 is 11.2. The lowest BCUT2D eigenvalue weighted by atomic mass is 9.99. The number of ether oxygens (including phenoxy) is 2. The highest BCUT2D eigenvalue weighted by atomic mass is 16.7. The number of rotatable bonds is 51. The molecule has 0 bridgehead atoms. The van der Waals surface area contributed by atoms with E-state index < -0.39 is 49.5 Å². The molecule has 7 atom stereocenters. The van der Waals surface area contributed by atoms with E-state index in [1.54, 1.807) is 6.08 Å². The van der Waals surface area contributed by atoms with Crippen LogP contribution >= 0.6 is 0 Å². The monoisotopic (exact) mass is 964 g/mol. The second-order valence-corrected chi connectivity index (χ2v) is 20.8. The van der Waals surface area contributed by atoms with Gasteiger partial charge in [-0.3, -0.25) is 4.79 Å².